The van der Waals surface area contributed by atoms with Crippen LogP contribution < -0.4 is 10.6 Å². The van der Waals surface area contributed by atoms with Crippen molar-refractivity contribution in [2.75, 3.05) is 51.6 Å². The van der Waals surface area contributed by atoms with Gasteiger partial charge < -0.3 is 15.5 Å². The molecule has 1 fully saturated rings. The summed E-state index contributed by atoms with van der Waals surface area (Å²) in [5.74, 6) is -0.650. The fourth-order valence-electron chi connectivity index (χ4n) is 2.39. The number of anilines is 1. The maximum absolute atomic E-state index is 13.4. The van der Waals surface area contributed by atoms with E-state index in [0.717, 1.165) is 26.2 Å². The van der Waals surface area contributed by atoms with E-state index < -0.39 is 5.82 Å². The average Bonchev–Trinajstić information content (AvgIpc) is 2.56. The number of rotatable bonds is 6. The van der Waals surface area contributed by atoms with E-state index >= 15 is 0 Å². The molecule has 1 aliphatic heterocycles. The Balaban J connectivity index is 1.71. The van der Waals surface area contributed by atoms with Crippen LogP contribution in [0.5, 0.6) is 0 Å². The molecule has 0 atom stereocenters. The third-order valence-corrected chi connectivity index (χ3v) is 3.74. The second-order valence-electron chi connectivity index (χ2n) is 5.65. The highest BCUT2D eigenvalue weighted by molar-refractivity contribution is 5.91. The molecule has 0 radical (unpaired) electrons. The zero-order valence-corrected chi connectivity index (χ0v) is 13.3. The lowest BCUT2D eigenvalue weighted by atomic mass is 10.3. The van der Waals surface area contributed by atoms with Gasteiger partial charge in [-0.3, -0.25) is 14.5 Å². The highest BCUT2D eigenvalue weighted by atomic mass is 19.1. The molecule has 0 bridgehead atoms. The highest BCUT2D eigenvalue weighted by Gasteiger charge is 2.18. The van der Waals surface area contributed by atoms with Gasteiger partial charge in [0.2, 0.25) is 11.8 Å². The Morgan fingerprint density at radius 3 is 2.70 bits per heavy atom. The van der Waals surface area contributed by atoms with Crippen LogP contribution in [-0.2, 0) is 9.59 Å². The molecule has 0 unspecified atom stereocenters. The second-order valence-corrected chi connectivity index (χ2v) is 5.65. The Kier molecular flexibility index (Phi) is 6.49. The Labute approximate surface area is 135 Å². The predicted octanol–water partition coefficient (Wildman–Crippen LogP) is 0.518. The molecule has 2 rings (SSSR count). The van der Waals surface area contributed by atoms with E-state index in [4.69, 9.17) is 0 Å². The molecule has 0 spiro atoms. The van der Waals surface area contributed by atoms with Gasteiger partial charge in [-0.1, -0.05) is 12.1 Å². The summed E-state index contributed by atoms with van der Waals surface area (Å²) in [5.41, 5.74) is 0.178. The van der Waals surface area contributed by atoms with Crippen LogP contribution in [0.1, 0.15) is 6.42 Å². The Morgan fingerprint density at radius 1 is 1.30 bits per heavy atom. The molecule has 7 heteroatoms. The third-order valence-electron chi connectivity index (χ3n) is 3.74. The fraction of sp³-hybridized carbons (Fsp3) is 0.500. The zero-order valence-electron chi connectivity index (χ0n) is 13.3. The summed E-state index contributed by atoms with van der Waals surface area (Å²) < 4.78 is 13.4. The highest BCUT2D eigenvalue weighted by Crippen LogP contribution is 2.12. The van der Waals surface area contributed by atoms with Crippen molar-refractivity contribution in [2.45, 2.75) is 6.42 Å². The number of likely N-dealkylation sites (N-methyl/N-ethyl adjacent to an activating group) is 1. The normalized spacial score (nSPS) is 14.8. The molecule has 0 aliphatic carbocycles. The summed E-state index contributed by atoms with van der Waals surface area (Å²) in [6.07, 6.45) is 0.208. The first kappa shape index (κ1) is 17.4. The zero-order chi connectivity index (χ0) is 16.7. The monoisotopic (exact) mass is 322 g/mol. The molecular formula is C16H23FN4O2. The molecule has 1 aromatic carbocycles. The number of halogens is 1. The lowest BCUT2D eigenvalue weighted by Gasteiger charge is -2.29. The van der Waals surface area contributed by atoms with Crippen LogP contribution in [0.2, 0.25) is 0 Å². The molecule has 6 nitrogen and oxygen atoms in total. The molecule has 1 aliphatic rings. The number of carbonyl (C=O) groups is 2. The fourth-order valence-corrected chi connectivity index (χ4v) is 2.39. The first-order valence-corrected chi connectivity index (χ1v) is 7.77. The van der Waals surface area contributed by atoms with E-state index in [9.17, 15) is 14.0 Å². The van der Waals surface area contributed by atoms with Crippen LogP contribution in [0.4, 0.5) is 10.1 Å². The molecule has 1 heterocycles. The van der Waals surface area contributed by atoms with Gasteiger partial charge in [0.05, 0.1) is 12.2 Å². The second kappa shape index (κ2) is 8.59. The number of amides is 2. The molecule has 2 amide bonds. The van der Waals surface area contributed by atoms with E-state index in [0.29, 0.717) is 6.54 Å². The molecule has 0 saturated carbocycles. The largest absolute Gasteiger partial charge is 0.339 e. The lowest BCUT2D eigenvalue weighted by molar-refractivity contribution is -0.133. The van der Waals surface area contributed by atoms with Gasteiger partial charge in [-0.15, -0.1) is 0 Å². The topological polar surface area (TPSA) is 64.7 Å². The van der Waals surface area contributed by atoms with Gasteiger partial charge in [0.1, 0.15) is 5.82 Å². The van der Waals surface area contributed by atoms with Gasteiger partial charge in [0, 0.05) is 39.1 Å². The number of piperazine rings is 1. The predicted molar refractivity (Wildman–Crippen MR) is 86.6 cm³/mol. The lowest BCUT2D eigenvalue weighted by Crippen LogP contribution is -2.49. The first-order chi connectivity index (χ1) is 11.1. The SMILES string of the molecule is CN(CCC(=O)Nc1ccccc1F)CC(=O)N1CCNCC1. The quantitative estimate of drug-likeness (QED) is 0.801. The minimum atomic E-state index is -0.455. The van der Waals surface area contributed by atoms with E-state index in [1.54, 1.807) is 19.2 Å². The molecule has 0 aromatic heterocycles. The minimum Gasteiger partial charge on any atom is -0.339 e. The number of hydrogen-bond donors (Lipinski definition) is 2. The maximum Gasteiger partial charge on any atom is 0.236 e. The number of nitrogens with one attached hydrogen (secondary N) is 2. The minimum absolute atomic E-state index is 0.0727. The summed E-state index contributed by atoms with van der Waals surface area (Å²) >= 11 is 0. The van der Waals surface area contributed by atoms with Crippen LogP contribution in [0.25, 0.3) is 0 Å². The Hall–Kier alpha value is -1.99. The number of hydrogen-bond acceptors (Lipinski definition) is 4. The molecular weight excluding hydrogens is 299 g/mol. The van der Waals surface area contributed by atoms with Crippen LogP contribution in [0, 0.1) is 5.82 Å². The van der Waals surface area contributed by atoms with Crippen molar-refractivity contribution in [1.82, 2.24) is 15.1 Å². The van der Waals surface area contributed by atoms with Crippen LogP contribution in [0.15, 0.2) is 24.3 Å². The number of nitrogens with zero attached hydrogens (tertiary/aromatic N) is 2. The molecule has 2 N–H and O–H groups in total. The van der Waals surface area contributed by atoms with Crippen molar-refractivity contribution in [2.24, 2.45) is 0 Å². The number of para-hydroxylation sites is 1. The molecule has 23 heavy (non-hydrogen) atoms. The summed E-state index contributed by atoms with van der Waals surface area (Å²) in [6.45, 7) is 3.81. The third kappa shape index (κ3) is 5.61. The van der Waals surface area contributed by atoms with Crippen molar-refractivity contribution >= 4 is 17.5 Å². The van der Waals surface area contributed by atoms with E-state index in [-0.39, 0.29) is 30.5 Å². The van der Waals surface area contributed by atoms with Crippen molar-refractivity contribution in [3.05, 3.63) is 30.1 Å². The van der Waals surface area contributed by atoms with Gasteiger partial charge in [-0.2, -0.15) is 0 Å². The van der Waals surface area contributed by atoms with Crippen molar-refractivity contribution in [1.29, 1.82) is 0 Å². The first-order valence-electron chi connectivity index (χ1n) is 7.77. The van der Waals surface area contributed by atoms with E-state index in [1.807, 2.05) is 9.80 Å². The number of carbonyl (C=O) groups excluding carboxylic acids is 2. The Morgan fingerprint density at radius 2 is 2.00 bits per heavy atom. The summed E-state index contributed by atoms with van der Waals surface area (Å²) in [6, 6.07) is 6.05. The summed E-state index contributed by atoms with van der Waals surface area (Å²) in [5, 5.41) is 5.74. The van der Waals surface area contributed by atoms with Gasteiger partial charge in [0.15, 0.2) is 0 Å². The molecule has 1 saturated heterocycles. The van der Waals surface area contributed by atoms with Gasteiger partial charge in [0.25, 0.3) is 0 Å². The average molecular weight is 322 g/mol. The maximum atomic E-state index is 13.4. The van der Waals surface area contributed by atoms with Gasteiger partial charge in [-0.25, -0.2) is 4.39 Å². The van der Waals surface area contributed by atoms with Crippen molar-refractivity contribution in [3.63, 3.8) is 0 Å². The molecule has 1 aromatic rings. The van der Waals surface area contributed by atoms with Gasteiger partial charge in [-0.05, 0) is 19.2 Å². The number of benzene rings is 1. The van der Waals surface area contributed by atoms with Crippen molar-refractivity contribution in [3.8, 4) is 0 Å². The summed E-state index contributed by atoms with van der Waals surface area (Å²) in [4.78, 5) is 27.6. The summed E-state index contributed by atoms with van der Waals surface area (Å²) in [7, 11) is 1.80. The van der Waals surface area contributed by atoms with Gasteiger partial charge >= 0.3 is 0 Å². The van der Waals surface area contributed by atoms with Crippen LogP contribution in [0.3, 0.4) is 0 Å². The van der Waals surface area contributed by atoms with E-state index in [1.165, 1.54) is 12.1 Å². The van der Waals surface area contributed by atoms with Crippen LogP contribution in [-0.4, -0.2) is 67.9 Å². The van der Waals surface area contributed by atoms with Crippen molar-refractivity contribution < 1.29 is 14.0 Å². The standard InChI is InChI=1S/C16H23FN4O2/c1-20(12-16(23)21-10-7-18-8-11-21)9-6-15(22)19-14-5-3-2-4-13(14)17/h2-5,18H,6-12H2,1H3,(H,19,22). The van der Waals surface area contributed by atoms with E-state index in [2.05, 4.69) is 10.6 Å². The Bertz CT molecular complexity index is 547. The molecule has 126 valence electrons. The van der Waals surface area contributed by atoms with Crippen LogP contribution >= 0.6 is 0 Å². The smallest absolute Gasteiger partial charge is 0.236 e.